The molecule has 0 aromatic heterocycles. The lowest BCUT2D eigenvalue weighted by Gasteiger charge is -2.21. The third kappa shape index (κ3) is 5.61. The molecular weight excluding hydrogens is 359 g/mol. The smallest absolute Gasteiger partial charge is 0.348 e. The standard InChI is InChI=1S/C16H19ClF3N3O2/c1-9(23(2)8-14(24)21-11-4-5-11)15(25)22-13-7-10(16(18,19)20)3-6-12(13)17/h3,6-7,9,11H,4-5,8H2,1-2H3,(H,21,24)(H,22,25)/p+1/t9-/m0/s1. The highest BCUT2D eigenvalue weighted by Crippen LogP contribution is 2.33. The van der Waals surface area contributed by atoms with Crippen molar-refractivity contribution in [2.24, 2.45) is 0 Å². The van der Waals surface area contributed by atoms with Crippen molar-refractivity contribution in [3.8, 4) is 0 Å². The van der Waals surface area contributed by atoms with E-state index in [0.29, 0.717) is 4.90 Å². The van der Waals surface area contributed by atoms with Crippen LogP contribution in [0.3, 0.4) is 0 Å². The van der Waals surface area contributed by atoms with Gasteiger partial charge in [-0.05, 0) is 38.0 Å². The number of nitrogens with one attached hydrogen (secondary N) is 3. The molecule has 1 aromatic rings. The molecule has 25 heavy (non-hydrogen) atoms. The monoisotopic (exact) mass is 378 g/mol. The molecule has 5 nitrogen and oxygen atoms in total. The maximum absolute atomic E-state index is 12.8. The minimum absolute atomic E-state index is 0.0117. The Bertz CT molecular complexity index is 663. The lowest BCUT2D eigenvalue weighted by Crippen LogP contribution is -3.15. The van der Waals surface area contributed by atoms with E-state index < -0.39 is 23.7 Å². The SMILES string of the molecule is C[C@@H](C(=O)Nc1cc(C(F)(F)F)ccc1Cl)[NH+](C)CC(=O)NC1CC1. The molecule has 1 aromatic carbocycles. The van der Waals surface area contributed by atoms with Gasteiger partial charge in [0.15, 0.2) is 12.6 Å². The van der Waals surface area contributed by atoms with E-state index in [-0.39, 0.29) is 29.2 Å². The van der Waals surface area contributed by atoms with Crippen LogP contribution in [-0.4, -0.2) is 37.5 Å². The summed E-state index contributed by atoms with van der Waals surface area (Å²) in [4.78, 5) is 24.7. The Morgan fingerprint density at radius 2 is 2.00 bits per heavy atom. The van der Waals surface area contributed by atoms with Crippen molar-refractivity contribution in [3.63, 3.8) is 0 Å². The zero-order valence-electron chi connectivity index (χ0n) is 13.8. The first-order valence-electron chi connectivity index (χ1n) is 7.87. The molecule has 3 N–H and O–H groups in total. The number of hydrogen-bond acceptors (Lipinski definition) is 2. The predicted molar refractivity (Wildman–Crippen MR) is 87.5 cm³/mol. The Kier molecular flexibility index (Phi) is 5.95. The first-order valence-corrected chi connectivity index (χ1v) is 8.25. The second kappa shape index (κ2) is 7.61. The third-order valence-electron chi connectivity index (χ3n) is 4.07. The minimum atomic E-state index is -4.53. The second-order valence-electron chi connectivity index (χ2n) is 6.27. The number of alkyl halides is 3. The zero-order chi connectivity index (χ0) is 18.8. The van der Waals surface area contributed by atoms with Crippen LogP contribution in [-0.2, 0) is 15.8 Å². The molecule has 0 heterocycles. The van der Waals surface area contributed by atoms with Crippen LogP contribution < -0.4 is 15.5 Å². The minimum Gasteiger partial charge on any atom is -0.348 e. The fourth-order valence-corrected chi connectivity index (χ4v) is 2.34. The van der Waals surface area contributed by atoms with E-state index >= 15 is 0 Å². The van der Waals surface area contributed by atoms with Crippen LogP contribution in [0.2, 0.25) is 5.02 Å². The number of amides is 2. The molecule has 1 saturated carbocycles. The number of carbonyl (C=O) groups excluding carboxylic acids is 2. The van der Waals surface area contributed by atoms with Gasteiger partial charge in [0.2, 0.25) is 0 Å². The summed E-state index contributed by atoms with van der Waals surface area (Å²) >= 11 is 5.87. The van der Waals surface area contributed by atoms with Crippen LogP contribution in [0.15, 0.2) is 18.2 Å². The van der Waals surface area contributed by atoms with Gasteiger partial charge in [0.25, 0.3) is 11.8 Å². The van der Waals surface area contributed by atoms with Crippen LogP contribution in [0.1, 0.15) is 25.3 Å². The summed E-state index contributed by atoms with van der Waals surface area (Å²) in [6.45, 7) is 1.69. The van der Waals surface area contributed by atoms with E-state index in [1.165, 1.54) is 0 Å². The van der Waals surface area contributed by atoms with Gasteiger partial charge in [-0.2, -0.15) is 13.2 Å². The number of benzene rings is 1. The average molecular weight is 379 g/mol. The molecule has 1 unspecified atom stereocenters. The molecular formula is C16H20ClF3N3O2+. The van der Waals surface area contributed by atoms with Crippen molar-refractivity contribution in [1.82, 2.24) is 5.32 Å². The van der Waals surface area contributed by atoms with Crippen molar-refractivity contribution < 1.29 is 27.7 Å². The summed E-state index contributed by atoms with van der Waals surface area (Å²) in [6.07, 6.45) is -2.59. The fraction of sp³-hybridized carbons (Fsp3) is 0.500. The summed E-state index contributed by atoms with van der Waals surface area (Å²) in [5.41, 5.74) is -1.01. The van der Waals surface area contributed by atoms with Crippen molar-refractivity contribution in [1.29, 1.82) is 0 Å². The van der Waals surface area contributed by atoms with Crippen molar-refractivity contribution >= 4 is 29.1 Å². The fourth-order valence-electron chi connectivity index (χ4n) is 2.17. The first-order chi connectivity index (χ1) is 11.6. The highest BCUT2D eigenvalue weighted by Gasteiger charge is 2.32. The molecule has 1 fully saturated rings. The summed E-state index contributed by atoms with van der Waals surface area (Å²) in [5.74, 6) is -0.672. The Morgan fingerprint density at radius 3 is 2.56 bits per heavy atom. The lowest BCUT2D eigenvalue weighted by molar-refractivity contribution is -0.885. The van der Waals surface area contributed by atoms with E-state index in [4.69, 9.17) is 11.6 Å². The predicted octanol–water partition coefficient (Wildman–Crippen LogP) is 1.48. The summed E-state index contributed by atoms with van der Waals surface area (Å²) in [5, 5.41) is 5.24. The molecule has 0 saturated heterocycles. The van der Waals surface area contributed by atoms with E-state index in [9.17, 15) is 22.8 Å². The van der Waals surface area contributed by atoms with Gasteiger partial charge in [0.05, 0.1) is 23.3 Å². The summed E-state index contributed by atoms with van der Waals surface area (Å²) in [6, 6.07) is 2.32. The topological polar surface area (TPSA) is 62.6 Å². The van der Waals surface area contributed by atoms with Crippen LogP contribution in [0, 0.1) is 0 Å². The van der Waals surface area contributed by atoms with Crippen LogP contribution in [0.5, 0.6) is 0 Å². The Balaban J connectivity index is 1.98. The zero-order valence-corrected chi connectivity index (χ0v) is 14.6. The van der Waals surface area contributed by atoms with Gasteiger partial charge in [-0.25, -0.2) is 0 Å². The Hall–Kier alpha value is -1.80. The molecule has 0 bridgehead atoms. The molecule has 0 aliphatic heterocycles. The highest BCUT2D eigenvalue weighted by atomic mass is 35.5. The molecule has 1 aliphatic carbocycles. The first kappa shape index (κ1) is 19.5. The van der Waals surface area contributed by atoms with Crippen LogP contribution in [0.25, 0.3) is 0 Å². The molecule has 2 atom stereocenters. The van der Waals surface area contributed by atoms with Crippen molar-refractivity contribution in [2.75, 3.05) is 18.9 Å². The second-order valence-corrected chi connectivity index (χ2v) is 6.68. The van der Waals surface area contributed by atoms with Crippen LogP contribution in [0.4, 0.5) is 18.9 Å². The molecule has 0 radical (unpaired) electrons. The van der Waals surface area contributed by atoms with Gasteiger partial charge in [-0.3, -0.25) is 9.59 Å². The van der Waals surface area contributed by atoms with Gasteiger partial charge in [-0.15, -0.1) is 0 Å². The van der Waals surface area contributed by atoms with E-state index in [1.807, 2.05) is 0 Å². The van der Waals surface area contributed by atoms with Gasteiger partial charge < -0.3 is 15.5 Å². The van der Waals surface area contributed by atoms with E-state index in [1.54, 1.807) is 14.0 Å². The number of halogens is 4. The van der Waals surface area contributed by atoms with Gasteiger partial charge in [0, 0.05) is 6.04 Å². The largest absolute Gasteiger partial charge is 0.416 e. The summed E-state index contributed by atoms with van der Waals surface area (Å²) < 4.78 is 38.3. The molecule has 9 heteroatoms. The van der Waals surface area contributed by atoms with E-state index in [2.05, 4.69) is 10.6 Å². The number of carbonyl (C=O) groups is 2. The maximum atomic E-state index is 12.8. The average Bonchev–Trinajstić information content (AvgIpc) is 3.31. The number of likely N-dealkylation sites (N-methyl/N-ethyl adjacent to an activating group) is 1. The van der Waals surface area contributed by atoms with Crippen LogP contribution >= 0.6 is 11.6 Å². The highest BCUT2D eigenvalue weighted by molar-refractivity contribution is 6.33. The van der Waals surface area contributed by atoms with E-state index in [0.717, 1.165) is 31.0 Å². The van der Waals surface area contributed by atoms with Gasteiger partial charge in [0.1, 0.15) is 0 Å². The van der Waals surface area contributed by atoms with Gasteiger partial charge >= 0.3 is 6.18 Å². The quantitative estimate of drug-likeness (QED) is 0.702. The number of quaternary nitrogens is 1. The summed E-state index contributed by atoms with van der Waals surface area (Å²) in [7, 11) is 1.67. The molecule has 2 amide bonds. The Morgan fingerprint density at radius 1 is 1.36 bits per heavy atom. The normalized spacial score (nSPS) is 16.9. The molecule has 1 aliphatic rings. The Labute approximate surface area is 148 Å². The number of anilines is 1. The maximum Gasteiger partial charge on any atom is 0.416 e. The molecule has 0 spiro atoms. The van der Waals surface area contributed by atoms with Crippen molar-refractivity contribution in [2.45, 2.75) is 38.0 Å². The number of hydrogen-bond donors (Lipinski definition) is 3. The van der Waals surface area contributed by atoms with Crippen molar-refractivity contribution in [3.05, 3.63) is 28.8 Å². The molecule has 138 valence electrons. The third-order valence-corrected chi connectivity index (χ3v) is 4.40. The lowest BCUT2D eigenvalue weighted by atomic mass is 10.2. The molecule has 2 rings (SSSR count). The van der Waals surface area contributed by atoms with Gasteiger partial charge in [-0.1, -0.05) is 11.6 Å². The number of rotatable bonds is 6.